The summed E-state index contributed by atoms with van der Waals surface area (Å²) in [5, 5.41) is 0. The van der Waals surface area contributed by atoms with E-state index in [0.717, 1.165) is 18.1 Å². The van der Waals surface area contributed by atoms with Crippen molar-refractivity contribution in [3.05, 3.63) is 53.7 Å². The molecule has 1 aromatic carbocycles. The molecular formula is C16H21N3. The van der Waals surface area contributed by atoms with Crippen LogP contribution in [0.5, 0.6) is 0 Å². The predicted octanol–water partition coefficient (Wildman–Crippen LogP) is 3.39. The third kappa shape index (κ3) is 3.47. The number of hydrogen-bond donors (Lipinski definition) is 1. The molecule has 2 aromatic rings. The highest BCUT2D eigenvalue weighted by Gasteiger charge is 2.12. The molecule has 3 heteroatoms. The average Bonchev–Trinajstić information content (AvgIpc) is 2.39. The fraction of sp³-hybridized carbons (Fsp3) is 0.312. The quantitative estimate of drug-likeness (QED) is 0.851. The third-order valence-corrected chi connectivity index (χ3v) is 3.15. The second-order valence-electron chi connectivity index (χ2n) is 5.16. The van der Waals surface area contributed by atoms with Crippen LogP contribution in [-0.4, -0.2) is 11.0 Å². The first-order valence-corrected chi connectivity index (χ1v) is 6.60. The van der Waals surface area contributed by atoms with Crippen LogP contribution in [0.4, 0.5) is 11.5 Å². The zero-order valence-electron chi connectivity index (χ0n) is 11.8. The van der Waals surface area contributed by atoms with Gasteiger partial charge in [0.2, 0.25) is 0 Å². The maximum absolute atomic E-state index is 5.72. The third-order valence-electron chi connectivity index (χ3n) is 3.15. The average molecular weight is 255 g/mol. The Kier molecular flexibility index (Phi) is 4.05. The van der Waals surface area contributed by atoms with Crippen molar-refractivity contribution >= 4 is 11.5 Å². The minimum Gasteiger partial charge on any atom is -0.399 e. The van der Waals surface area contributed by atoms with Crippen molar-refractivity contribution in [1.29, 1.82) is 0 Å². The lowest BCUT2D eigenvalue weighted by molar-refractivity contribution is 0.672. The molecular weight excluding hydrogens is 234 g/mol. The molecule has 3 nitrogen and oxygen atoms in total. The van der Waals surface area contributed by atoms with Crippen LogP contribution in [-0.2, 0) is 6.54 Å². The minimum absolute atomic E-state index is 0.396. The summed E-state index contributed by atoms with van der Waals surface area (Å²) in [6.07, 6.45) is 1.91. The summed E-state index contributed by atoms with van der Waals surface area (Å²) in [5.74, 6) is 1.01. The van der Waals surface area contributed by atoms with E-state index >= 15 is 0 Å². The van der Waals surface area contributed by atoms with E-state index in [-0.39, 0.29) is 0 Å². The predicted molar refractivity (Wildman–Crippen MR) is 81.1 cm³/mol. The number of aryl methyl sites for hydroxylation is 1. The van der Waals surface area contributed by atoms with Crippen molar-refractivity contribution in [2.45, 2.75) is 33.4 Å². The Labute approximate surface area is 115 Å². The number of nitrogen functional groups attached to an aromatic ring is 1. The van der Waals surface area contributed by atoms with Gasteiger partial charge in [-0.05, 0) is 50.1 Å². The molecule has 0 fully saturated rings. The molecule has 0 saturated carbocycles. The van der Waals surface area contributed by atoms with Crippen LogP contribution < -0.4 is 10.6 Å². The van der Waals surface area contributed by atoms with Gasteiger partial charge in [0.15, 0.2) is 0 Å². The van der Waals surface area contributed by atoms with Crippen LogP contribution in [0.1, 0.15) is 25.0 Å². The van der Waals surface area contributed by atoms with Crippen LogP contribution in [0.25, 0.3) is 0 Å². The Morgan fingerprint density at radius 2 is 1.79 bits per heavy atom. The highest BCUT2D eigenvalue weighted by molar-refractivity contribution is 5.44. The number of nitrogens with zero attached hydrogens (tertiary/aromatic N) is 2. The number of rotatable bonds is 4. The molecule has 0 radical (unpaired) electrons. The molecule has 0 atom stereocenters. The van der Waals surface area contributed by atoms with Crippen molar-refractivity contribution in [2.24, 2.45) is 0 Å². The summed E-state index contributed by atoms with van der Waals surface area (Å²) in [5.41, 5.74) is 8.94. The van der Waals surface area contributed by atoms with E-state index in [2.05, 4.69) is 54.9 Å². The second kappa shape index (κ2) is 5.74. The lowest BCUT2D eigenvalue weighted by Crippen LogP contribution is -2.30. The normalized spacial score (nSPS) is 10.7. The number of hydrogen-bond acceptors (Lipinski definition) is 3. The molecule has 0 aliphatic heterocycles. The van der Waals surface area contributed by atoms with Crippen LogP contribution in [0.2, 0.25) is 0 Å². The van der Waals surface area contributed by atoms with Gasteiger partial charge in [-0.3, -0.25) is 0 Å². The Hall–Kier alpha value is -2.03. The van der Waals surface area contributed by atoms with Gasteiger partial charge in [0.05, 0.1) is 0 Å². The summed E-state index contributed by atoms with van der Waals surface area (Å²) >= 11 is 0. The minimum atomic E-state index is 0.396. The summed E-state index contributed by atoms with van der Waals surface area (Å²) in [6, 6.07) is 12.6. The van der Waals surface area contributed by atoms with E-state index < -0.39 is 0 Å². The fourth-order valence-corrected chi connectivity index (χ4v) is 1.98. The summed E-state index contributed by atoms with van der Waals surface area (Å²) in [6.45, 7) is 7.25. The summed E-state index contributed by atoms with van der Waals surface area (Å²) < 4.78 is 0. The maximum atomic E-state index is 5.72. The van der Waals surface area contributed by atoms with Crippen molar-refractivity contribution in [3.8, 4) is 0 Å². The Morgan fingerprint density at radius 3 is 2.32 bits per heavy atom. The first-order chi connectivity index (χ1) is 9.06. The van der Waals surface area contributed by atoms with Crippen molar-refractivity contribution in [2.75, 3.05) is 10.6 Å². The topological polar surface area (TPSA) is 42.1 Å². The molecule has 0 spiro atoms. The van der Waals surface area contributed by atoms with Gasteiger partial charge in [-0.25, -0.2) is 4.98 Å². The van der Waals surface area contributed by atoms with Crippen LogP contribution >= 0.6 is 0 Å². The zero-order valence-corrected chi connectivity index (χ0v) is 11.8. The standard InChI is InChI=1S/C16H21N3/c1-12(2)19(16-9-4-13(3)10-18-16)11-14-5-7-15(17)8-6-14/h4-10,12H,11,17H2,1-3H3. The molecule has 0 aliphatic rings. The van der Waals surface area contributed by atoms with E-state index in [1.165, 1.54) is 11.1 Å². The number of pyridine rings is 1. The summed E-state index contributed by atoms with van der Waals surface area (Å²) in [7, 11) is 0. The van der Waals surface area contributed by atoms with E-state index in [1.807, 2.05) is 18.3 Å². The lowest BCUT2D eigenvalue weighted by Gasteiger charge is -2.28. The van der Waals surface area contributed by atoms with Gasteiger partial charge in [-0.1, -0.05) is 18.2 Å². The molecule has 19 heavy (non-hydrogen) atoms. The van der Waals surface area contributed by atoms with Crippen molar-refractivity contribution in [3.63, 3.8) is 0 Å². The van der Waals surface area contributed by atoms with Crippen LogP contribution in [0.3, 0.4) is 0 Å². The molecule has 100 valence electrons. The molecule has 0 aliphatic carbocycles. The molecule has 0 bridgehead atoms. The van der Waals surface area contributed by atoms with E-state index in [0.29, 0.717) is 6.04 Å². The van der Waals surface area contributed by atoms with E-state index in [1.54, 1.807) is 0 Å². The lowest BCUT2D eigenvalue weighted by atomic mass is 10.1. The van der Waals surface area contributed by atoms with Gasteiger partial charge in [-0.2, -0.15) is 0 Å². The van der Waals surface area contributed by atoms with Gasteiger partial charge >= 0.3 is 0 Å². The van der Waals surface area contributed by atoms with Gasteiger partial charge in [-0.15, -0.1) is 0 Å². The second-order valence-corrected chi connectivity index (χ2v) is 5.16. The molecule has 0 amide bonds. The van der Waals surface area contributed by atoms with E-state index in [4.69, 9.17) is 5.73 Å². The molecule has 0 saturated heterocycles. The number of benzene rings is 1. The Morgan fingerprint density at radius 1 is 1.11 bits per heavy atom. The fourth-order valence-electron chi connectivity index (χ4n) is 1.98. The van der Waals surface area contributed by atoms with Crippen LogP contribution in [0, 0.1) is 6.92 Å². The zero-order chi connectivity index (χ0) is 13.8. The van der Waals surface area contributed by atoms with Gasteiger partial charge in [0.25, 0.3) is 0 Å². The van der Waals surface area contributed by atoms with E-state index in [9.17, 15) is 0 Å². The Bertz CT molecular complexity index is 515. The SMILES string of the molecule is Cc1ccc(N(Cc2ccc(N)cc2)C(C)C)nc1. The monoisotopic (exact) mass is 255 g/mol. The molecule has 2 N–H and O–H groups in total. The number of anilines is 2. The highest BCUT2D eigenvalue weighted by Crippen LogP contribution is 2.18. The van der Waals surface area contributed by atoms with Crippen molar-refractivity contribution in [1.82, 2.24) is 4.98 Å². The van der Waals surface area contributed by atoms with Gasteiger partial charge in [0, 0.05) is 24.5 Å². The van der Waals surface area contributed by atoms with Gasteiger partial charge < -0.3 is 10.6 Å². The Balaban J connectivity index is 2.21. The maximum Gasteiger partial charge on any atom is 0.129 e. The molecule has 1 heterocycles. The largest absolute Gasteiger partial charge is 0.399 e. The van der Waals surface area contributed by atoms with Crippen LogP contribution in [0.15, 0.2) is 42.6 Å². The molecule has 1 aromatic heterocycles. The highest BCUT2D eigenvalue weighted by atomic mass is 15.2. The van der Waals surface area contributed by atoms with Gasteiger partial charge in [0.1, 0.15) is 5.82 Å². The smallest absolute Gasteiger partial charge is 0.129 e. The molecule has 0 unspecified atom stereocenters. The molecule has 2 rings (SSSR count). The number of nitrogens with two attached hydrogens (primary N) is 1. The van der Waals surface area contributed by atoms with Crippen molar-refractivity contribution < 1.29 is 0 Å². The summed E-state index contributed by atoms with van der Waals surface area (Å²) in [4.78, 5) is 6.80. The number of aromatic nitrogens is 1. The first kappa shape index (κ1) is 13.4. The first-order valence-electron chi connectivity index (χ1n) is 6.60.